The van der Waals surface area contributed by atoms with Crippen molar-refractivity contribution in [1.29, 1.82) is 0 Å². The fourth-order valence-corrected chi connectivity index (χ4v) is 6.40. The summed E-state index contributed by atoms with van der Waals surface area (Å²) in [4.78, 5) is 13.1. The smallest absolute Gasteiger partial charge is 0.262 e. The second kappa shape index (κ2) is 11.0. The zero-order chi connectivity index (χ0) is 22.3. The minimum atomic E-state index is -3.64. The third-order valence-electron chi connectivity index (χ3n) is 5.08. The molecule has 1 aromatic heterocycles. The number of benzene rings is 1. The number of piperidine rings is 1. The molecule has 9 heteroatoms. The highest BCUT2D eigenvalue weighted by Crippen LogP contribution is 2.29. The fraction of sp³-hybridized carbons (Fsp3) is 0.500. The number of carbonyl (C=O) groups is 1. The number of rotatable bonds is 10. The van der Waals surface area contributed by atoms with Gasteiger partial charge in [0, 0.05) is 19.6 Å². The number of nitrogens with zero attached hydrogens (tertiary/aromatic N) is 1. The van der Waals surface area contributed by atoms with E-state index in [9.17, 15) is 13.2 Å². The third-order valence-corrected chi connectivity index (χ3v) is 8.06. The molecule has 1 aromatic carbocycles. The van der Waals surface area contributed by atoms with E-state index in [-0.39, 0.29) is 15.7 Å². The fourth-order valence-electron chi connectivity index (χ4n) is 3.56. The highest BCUT2D eigenvalue weighted by molar-refractivity contribution is 7.89. The normalized spacial score (nSPS) is 14.9. The molecule has 1 N–H and O–H groups in total. The first kappa shape index (κ1) is 23.6. The molecule has 1 amide bonds. The van der Waals surface area contributed by atoms with Gasteiger partial charge in [-0.2, -0.15) is 4.31 Å². The molecule has 31 heavy (non-hydrogen) atoms. The van der Waals surface area contributed by atoms with Crippen LogP contribution in [0.5, 0.6) is 11.5 Å². The maximum Gasteiger partial charge on any atom is 0.262 e. The molecule has 1 aliphatic heterocycles. The van der Waals surface area contributed by atoms with E-state index in [0.717, 1.165) is 36.2 Å². The van der Waals surface area contributed by atoms with Gasteiger partial charge in [0.2, 0.25) is 10.0 Å². The number of ether oxygens (including phenoxy) is 2. The van der Waals surface area contributed by atoms with E-state index in [0.29, 0.717) is 50.8 Å². The van der Waals surface area contributed by atoms with Crippen LogP contribution in [-0.2, 0) is 16.4 Å². The molecular formula is C22H30N2O5S2. The van der Waals surface area contributed by atoms with E-state index in [1.807, 2.05) is 32.0 Å². The van der Waals surface area contributed by atoms with E-state index < -0.39 is 10.0 Å². The summed E-state index contributed by atoms with van der Waals surface area (Å²) < 4.78 is 38.7. The van der Waals surface area contributed by atoms with Crippen LogP contribution in [0, 0.1) is 0 Å². The molecule has 0 radical (unpaired) electrons. The Hall–Kier alpha value is -2.10. The van der Waals surface area contributed by atoms with E-state index in [2.05, 4.69) is 5.32 Å². The Balaban J connectivity index is 1.63. The molecule has 7 nitrogen and oxygen atoms in total. The summed E-state index contributed by atoms with van der Waals surface area (Å²) in [6.07, 6.45) is 3.35. The topological polar surface area (TPSA) is 84.9 Å². The summed E-state index contributed by atoms with van der Waals surface area (Å²) in [5.74, 6) is 1.02. The Kier molecular flexibility index (Phi) is 8.34. The first-order valence-electron chi connectivity index (χ1n) is 10.7. The first-order valence-corrected chi connectivity index (χ1v) is 13.0. The SMILES string of the molecule is CCOc1ccc(CCNC(=O)c2sccc2S(=O)(=O)N2CCCCC2)cc1OCC. The monoisotopic (exact) mass is 466 g/mol. The van der Waals surface area contributed by atoms with Crippen molar-refractivity contribution in [2.45, 2.75) is 44.4 Å². The molecule has 0 bridgehead atoms. The zero-order valence-electron chi connectivity index (χ0n) is 18.1. The minimum Gasteiger partial charge on any atom is -0.490 e. The van der Waals surface area contributed by atoms with Crippen molar-refractivity contribution in [3.63, 3.8) is 0 Å². The van der Waals surface area contributed by atoms with Crippen LogP contribution in [0.15, 0.2) is 34.5 Å². The molecule has 0 spiro atoms. The van der Waals surface area contributed by atoms with Crippen LogP contribution >= 0.6 is 11.3 Å². The van der Waals surface area contributed by atoms with Crippen LogP contribution in [0.3, 0.4) is 0 Å². The molecule has 170 valence electrons. The average molecular weight is 467 g/mol. The van der Waals surface area contributed by atoms with Crippen LogP contribution in [0.2, 0.25) is 0 Å². The highest BCUT2D eigenvalue weighted by Gasteiger charge is 2.30. The van der Waals surface area contributed by atoms with Gasteiger partial charge in [-0.05, 0) is 62.3 Å². The number of sulfonamides is 1. The summed E-state index contributed by atoms with van der Waals surface area (Å²) in [5, 5.41) is 4.52. The number of nitrogens with one attached hydrogen (secondary N) is 1. The lowest BCUT2D eigenvalue weighted by atomic mass is 10.1. The molecule has 3 rings (SSSR count). The Labute approximate surface area is 188 Å². The van der Waals surface area contributed by atoms with Crippen LogP contribution in [-0.4, -0.2) is 51.5 Å². The molecule has 0 saturated carbocycles. The number of thiophene rings is 1. The second-order valence-electron chi connectivity index (χ2n) is 7.23. The molecule has 0 atom stereocenters. The molecule has 0 unspecified atom stereocenters. The van der Waals surface area contributed by atoms with Gasteiger partial charge in [-0.15, -0.1) is 11.3 Å². The average Bonchev–Trinajstić information content (AvgIpc) is 3.27. The van der Waals surface area contributed by atoms with Gasteiger partial charge < -0.3 is 14.8 Å². The second-order valence-corrected chi connectivity index (χ2v) is 10.1. The Morgan fingerprint density at radius 2 is 1.77 bits per heavy atom. The maximum atomic E-state index is 13.0. The standard InChI is InChI=1S/C22H30N2O5S2/c1-3-28-18-9-8-17(16-19(18)29-4-2)10-12-23-22(25)21-20(11-15-30-21)31(26,27)24-13-6-5-7-14-24/h8-9,11,15-16H,3-7,10,12-14H2,1-2H3,(H,23,25). The van der Waals surface area contributed by atoms with Gasteiger partial charge >= 0.3 is 0 Å². The molecule has 1 aliphatic rings. The van der Waals surface area contributed by atoms with Gasteiger partial charge in [-0.25, -0.2) is 8.42 Å². The third kappa shape index (κ3) is 5.78. The van der Waals surface area contributed by atoms with Crippen molar-refractivity contribution < 1.29 is 22.7 Å². The van der Waals surface area contributed by atoms with Gasteiger partial charge in [0.15, 0.2) is 11.5 Å². The number of amides is 1. The highest BCUT2D eigenvalue weighted by atomic mass is 32.2. The Morgan fingerprint density at radius 3 is 2.48 bits per heavy atom. The van der Waals surface area contributed by atoms with E-state index in [4.69, 9.17) is 9.47 Å². The van der Waals surface area contributed by atoms with Gasteiger partial charge in [-0.1, -0.05) is 12.5 Å². The number of hydrogen-bond donors (Lipinski definition) is 1. The minimum absolute atomic E-state index is 0.108. The van der Waals surface area contributed by atoms with Crippen molar-refractivity contribution >= 4 is 27.3 Å². The maximum absolute atomic E-state index is 13.0. The largest absolute Gasteiger partial charge is 0.490 e. The van der Waals surface area contributed by atoms with E-state index >= 15 is 0 Å². The van der Waals surface area contributed by atoms with Crippen LogP contribution in [0.1, 0.15) is 48.3 Å². The summed E-state index contributed by atoms with van der Waals surface area (Å²) in [7, 11) is -3.64. The predicted molar refractivity (Wildman–Crippen MR) is 122 cm³/mol. The van der Waals surface area contributed by atoms with Gasteiger partial charge in [0.05, 0.1) is 13.2 Å². The lowest BCUT2D eigenvalue weighted by molar-refractivity contribution is 0.0955. The van der Waals surface area contributed by atoms with Crippen molar-refractivity contribution in [3.05, 3.63) is 40.1 Å². The summed E-state index contributed by atoms with van der Waals surface area (Å²) >= 11 is 1.16. The number of hydrogen-bond acceptors (Lipinski definition) is 6. The Morgan fingerprint density at radius 1 is 1.06 bits per heavy atom. The summed E-state index contributed by atoms with van der Waals surface area (Å²) in [5.41, 5.74) is 1.000. The molecular weight excluding hydrogens is 436 g/mol. The van der Waals surface area contributed by atoms with E-state index in [1.165, 1.54) is 10.4 Å². The first-order chi connectivity index (χ1) is 15.0. The molecule has 2 heterocycles. The van der Waals surface area contributed by atoms with Crippen LogP contribution in [0.25, 0.3) is 0 Å². The summed E-state index contributed by atoms with van der Waals surface area (Å²) in [6.45, 7) is 6.34. The quantitative estimate of drug-likeness (QED) is 0.577. The van der Waals surface area contributed by atoms with E-state index in [1.54, 1.807) is 5.38 Å². The predicted octanol–water partition coefficient (Wildman–Crippen LogP) is 3.69. The molecule has 0 aliphatic carbocycles. The van der Waals surface area contributed by atoms with Crippen molar-refractivity contribution in [3.8, 4) is 11.5 Å². The van der Waals surface area contributed by atoms with Crippen molar-refractivity contribution in [2.75, 3.05) is 32.8 Å². The Bertz CT molecular complexity index is 982. The zero-order valence-corrected chi connectivity index (χ0v) is 19.7. The van der Waals surface area contributed by atoms with Gasteiger partial charge in [0.1, 0.15) is 9.77 Å². The van der Waals surface area contributed by atoms with Crippen LogP contribution in [0.4, 0.5) is 0 Å². The van der Waals surface area contributed by atoms with Crippen molar-refractivity contribution in [2.24, 2.45) is 0 Å². The van der Waals surface area contributed by atoms with Gasteiger partial charge in [-0.3, -0.25) is 4.79 Å². The lowest BCUT2D eigenvalue weighted by Crippen LogP contribution is -2.36. The summed E-state index contributed by atoms with van der Waals surface area (Å²) in [6, 6.07) is 7.26. The molecule has 2 aromatic rings. The van der Waals surface area contributed by atoms with Gasteiger partial charge in [0.25, 0.3) is 5.91 Å². The van der Waals surface area contributed by atoms with Crippen LogP contribution < -0.4 is 14.8 Å². The molecule has 1 saturated heterocycles. The lowest BCUT2D eigenvalue weighted by Gasteiger charge is -2.25. The van der Waals surface area contributed by atoms with Crippen molar-refractivity contribution in [1.82, 2.24) is 9.62 Å². The number of carbonyl (C=O) groups excluding carboxylic acids is 1. The molecule has 1 fully saturated rings.